The summed E-state index contributed by atoms with van der Waals surface area (Å²) in [7, 11) is 3.16. The molecule has 3 aromatic rings. The number of aromatic amines is 1. The molecule has 0 radical (unpaired) electrons. The summed E-state index contributed by atoms with van der Waals surface area (Å²) >= 11 is 6.35. The Balaban J connectivity index is 1.59. The molecule has 0 spiro atoms. The van der Waals surface area contributed by atoms with Crippen molar-refractivity contribution in [3.63, 3.8) is 0 Å². The number of H-pyrrole nitrogens is 1. The Hall–Kier alpha value is -2.83. The molecule has 1 aliphatic heterocycles. The maximum absolute atomic E-state index is 12.6. The van der Waals surface area contributed by atoms with E-state index in [9.17, 15) is 4.79 Å². The van der Waals surface area contributed by atoms with Crippen molar-refractivity contribution in [3.05, 3.63) is 74.2 Å². The van der Waals surface area contributed by atoms with E-state index in [1.165, 1.54) is 5.56 Å². The lowest BCUT2D eigenvalue weighted by atomic mass is 10.0. The minimum atomic E-state index is -0.0515. The predicted octanol–water partition coefficient (Wildman–Crippen LogP) is 3.97. The summed E-state index contributed by atoms with van der Waals surface area (Å²) in [6.07, 6.45) is 0.660. The summed E-state index contributed by atoms with van der Waals surface area (Å²) in [5.74, 6) is 1.74. The van der Waals surface area contributed by atoms with Gasteiger partial charge in [-0.05, 0) is 31.0 Å². The normalized spacial score (nSPS) is 13.7. The fourth-order valence-corrected chi connectivity index (χ4v) is 4.11. The van der Waals surface area contributed by atoms with Crippen LogP contribution in [0.3, 0.4) is 0 Å². The Morgan fingerprint density at radius 1 is 1.17 bits per heavy atom. The molecule has 156 valence electrons. The van der Waals surface area contributed by atoms with Crippen LogP contribution in [0.2, 0.25) is 5.02 Å². The quantitative estimate of drug-likeness (QED) is 0.669. The number of ether oxygens (including phenoxy) is 2. The van der Waals surface area contributed by atoms with Gasteiger partial charge in [0.2, 0.25) is 0 Å². The Bertz CT molecular complexity index is 1130. The van der Waals surface area contributed by atoms with Crippen LogP contribution < -0.4 is 15.0 Å². The van der Waals surface area contributed by atoms with Crippen LogP contribution in [-0.2, 0) is 19.5 Å². The second kappa shape index (κ2) is 8.50. The largest absolute Gasteiger partial charge is 0.493 e. The minimum Gasteiger partial charge on any atom is -0.493 e. The van der Waals surface area contributed by atoms with Crippen molar-refractivity contribution < 1.29 is 9.47 Å². The molecule has 0 atom stereocenters. The van der Waals surface area contributed by atoms with Gasteiger partial charge in [0.05, 0.1) is 24.9 Å². The monoisotopic (exact) mass is 425 g/mol. The first-order valence-corrected chi connectivity index (χ1v) is 10.2. The SMILES string of the molecule is COc1cc(CN2CCc3c(nc(-c4ccc(C)cc4)[nH]c3=O)C2)cc(Cl)c1OC. The van der Waals surface area contributed by atoms with Crippen molar-refractivity contribution in [1.29, 1.82) is 0 Å². The third-order valence-electron chi connectivity index (χ3n) is 5.38. The third-order valence-corrected chi connectivity index (χ3v) is 5.66. The molecule has 0 aliphatic carbocycles. The van der Waals surface area contributed by atoms with Crippen LogP contribution in [0.15, 0.2) is 41.2 Å². The number of halogens is 1. The first-order valence-electron chi connectivity index (χ1n) is 9.80. The van der Waals surface area contributed by atoms with Crippen molar-refractivity contribution in [1.82, 2.24) is 14.9 Å². The molecule has 30 heavy (non-hydrogen) atoms. The lowest BCUT2D eigenvalue weighted by molar-refractivity contribution is 0.240. The Morgan fingerprint density at radius 2 is 1.93 bits per heavy atom. The molecule has 0 amide bonds. The van der Waals surface area contributed by atoms with Crippen LogP contribution in [0.1, 0.15) is 22.4 Å². The van der Waals surface area contributed by atoms with Gasteiger partial charge in [-0.2, -0.15) is 0 Å². The number of aromatic nitrogens is 2. The standard InChI is InChI=1S/C23H24ClN3O3/c1-14-4-6-16(7-5-14)22-25-19-13-27(9-8-17(19)23(28)26-22)12-15-10-18(24)21(30-3)20(11-15)29-2/h4-7,10-11H,8-9,12-13H2,1-3H3,(H,25,26,28). The molecule has 4 rings (SSSR count). The molecule has 0 fully saturated rings. The minimum absolute atomic E-state index is 0.0515. The topological polar surface area (TPSA) is 67.5 Å². The lowest BCUT2D eigenvalue weighted by Gasteiger charge is -2.28. The number of hydrogen-bond acceptors (Lipinski definition) is 5. The molecule has 2 aromatic carbocycles. The second-order valence-corrected chi connectivity index (χ2v) is 7.89. The van der Waals surface area contributed by atoms with Gasteiger partial charge in [0.25, 0.3) is 5.56 Å². The van der Waals surface area contributed by atoms with Gasteiger partial charge < -0.3 is 14.5 Å². The number of benzene rings is 2. The van der Waals surface area contributed by atoms with E-state index < -0.39 is 0 Å². The van der Waals surface area contributed by atoms with Crippen molar-refractivity contribution in [2.45, 2.75) is 26.4 Å². The molecule has 7 heteroatoms. The first kappa shape index (κ1) is 20.4. The summed E-state index contributed by atoms with van der Waals surface area (Å²) in [6.45, 7) is 4.08. The predicted molar refractivity (Wildman–Crippen MR) is 117 cm³/mol. The van der Waals surface area contributed by atoms with Crippen LogP contribution in [0, 0.1) is 6.92 Å². The number of rotatable bonds is 5. The summed E-state index contributed by atoms with van der Waals surface area (Å²) < 4.78 is 10.7. The van der Waals surface area contributed by atoms with E-state index in [1.807, 2.05) is 43.3 Å². The number of nitrogens with one attached hydrogen (secondary N) is 1. The van der Waals surface area contributed by atoms with E-state index in [0.29, 0.717) is 41.9 Å². The summed E-state index contributed by atoms with van der Waals surface area (Å²) in [5, 5.41) is 0.514. The van der Waals surface area contributed by atoms with E-state index in [2.05, 4.69) is 9.88 Å². The fraction of sp³-hybridized carbons (Fsp3) is 0.304. The van der Waals surface area contributed by atoms with E-state index in [0.717, 1.165) is 28.9 Å². The molecular formula is C23H24ClN3O3. The van der Waals surface area contributed by atoms with Crippen molar-refractivity contribution in [2.24, 2.45) is 0 Å². The molecule has 0 saturated carbocycles. The molecular weight excluding hydrogens is 402 g/mol. The van der Waals surface area contributed by atoms with E-state index >= 15 is 0 Å². The maximum Gasteiger partial charge on any atom is 0.254 e. The van der Waals surface area contributed by atoms with Gasteiger partial charge in [-0.25, -0.2) is 4.98 Å². The van der Waals surface area contributed by atoms with Crippen molar-refractivity contribution in [3.8, 4) is 22.9 Å². The second-order valence-electron chi connectivity index (χ2n) is 7.48. The molecule has 2 heterocycles. The van der Waals surface area contributed by atoms with Gasteiger partial charge >= 0.3 is 0 Å². The maximum atomic E-state index is 12.6. The Labute approximate surface area is 180 Å². The van der Waals surface area contributed by atoms with E-state index in [4.69, 9.17) is 26.1 Å². The molecule has 0 bridgehead atoms. The number of nitrogens with zero attached hydrogens (tertiary/aromatic N) is 2. The van der Waals surface area contributed by atoms with E-state index in [-0.39, 0.29) is 5.56 Å². The zero-order valence-electron chi connectivity index (χ0n) is 17.3. The highest BCUT2D eigenvalue weighted by Crippen LogP contribution is 2.36. The van der Waals surface area contributed by atoms with E-state index in [1.54, 1.807) is 14.2 Å². The number of methoxy groups -OCH3 is 2. The average Bonchev–Trinajstić information content (AvgIpc) is 2.73. The molecule has 0 saturated heterocycles. The summed E-state index contributed by atoms with van der Waals surface area (Å²) in [5.41, 5.74) is 4.64. The van der Waals surface area contributed by atoms with Crippen molar-refractivity contribution in [2.75, 3.05) is 20.8 Å². The molecule has 1 N–H and O–H groups in total. The van der Waals surface area contributed by atoms with Crippen LogP contribution >= 0.6 is 11.6 Å². The van der Waals surface area contributed by atoms with Crippen LogP contribution in [0.4, 0.5) is 0 Å². The van der Waals surface area contributed by atoms with Crippen LogP contribution in [0.25, 0.3) is 11.4 Å². The molecule has 6 nitrogen and oxygen atoms in total. The zero-order chi connectivity index (χ0) is 21.3. The summed E-state index contributed by atoms with van der Waals surface area (Å²) in [6, 6.07) is 11.8. The van der Waals surface area contributed by atoms with Gasteiger partial charge in [0, 0.05) is 30.8 Å². The number of hydrogen-bond donors (Lipinski definition) is 1. The van der Waals surface area contributed by atoms with Gasteiger partial charge in [0.15, 0.2) is 11.5 Å². The van der Waals surface area contributed by atoms with Gasteiger partial charge in [-0.1, -0.05) is 41.4 Å². The van der Waals surface area contributed by atoms with Crippen LogP contribution in [0.5, 0.6) is 11.5 Å². The van der Waals surface area contributed by atoms with Gasteiger partial charge in [0.1, 0.15) is 5.82 Å². The molecule has 1 aliphatic rings. The zero-order valence-corrected chi connectivity index (χ0v) is 18.0. The molecule has 0 unspecified atom stereocenters. The average molecular weight is 426 g/mol. The number of fused-ring (bicyclic) bond motifs is 1. The Kier molecular flexibility index (Phi) is 5.79. The fourth-order valence-electron chi connectivity index (χ4n) is 3.80. The van der Waals surface area contributed by atoms with Crippen molar-refractivity contribution >= 4 is 11.6 Å². The smallest absolute Gasteiger partial charge is 0.254 e. The Morgan fingerprint density at radius 3 is 2.63 bits per heavy atom. The molecule has 1 aromatic heterocycles. The highest BCUT2D eigenvalue weighted by atomic mass is 35.5. The number of aryl methyl sites for hydroxylation is 1. The summed E-state index contributed by atoms with van der Waals surface area (Å²) in [4.78, 5) is 22.6. The lowest BCUT2D eigenvalue weighted by Crippen LogP contribution is -2.35. The van der Waals surface area contributed by atoms with Gasteiger partial charge in [-0.15, -0.1) is 0 Å². The van der Waals surface area contributed by atoms with Gasteiger partial charge in [-0.3, -0.25) is 9.69 Å². The third kappa shape index (κ3) is 4.06. The first-order chi connectivity index (χ1) is 14.5. The highest BCUT2D eigenvalue weighted by molar-refractivity contribution is 6.32. The highest BCUT2D eigenvalue weighted by Gasteiger charge is 2.22. The van der Waals surface area contributed by atoms with Crippen LogP contribution in [-0.4, -0.2) is 35.6 Å².